The van der Waals surface area contributed by atoms with Crippen molar-refractivity contribution in [1.29, 1.82) is 0 Å². The summed E-state index contributed by atoms with van der Waals surface area (Å²) in [6.07, 6.45) is -4.85. The maximum atomic E-state index is 13.2. The molecule has 0 aliphatic rings. The summed E-state index contributed by atoms with van der Waals surface area (Å²) < 4.78 is 67.0. The highest BCUT2D eigenvalue weighted by Crippen LogP contribution is 2.37. The molecule has 0 atom stereocenters. The summed E-state index contributed by atoms with van der Waals surface area (Å²) in [5, 5.41) is 2.52. The summed E-state index contributed by atoms with van der Waals surface area (Å²) in [7, 11) is -4.52. The molecule has 0 radical (unpaired) electrons. The highest BCUT2D eigenvalue weighted by molar-refractivity contribution is 9.10. The molecule has 26 heavy (non-hydrogen) atoms. The Bertz CT molecular complexity index is 960. The number of halogens is 4. The van der Waals surface area contributed by atoms with E-state index in [0.717, 1.165) is 6.07 Å². The van der Waals surface area contributed by atoms with Gasteiger partial charge in [0.15, 0.2) is 0 Å². The Kier molecular flexibility index (Phi) is 5.67. The highest BCUT2D eigenvalue weighted by Gasteiger charge is 2.37. The van der Waals surface area contributed by atoms with E-state index in [1.807, 2.05) is 0 Å². The lowest BCUT2D eigenvalue weighted by molar-refractivity contribution is -0.139. The summed E-state index contributed by atoms with van der Waals surface area (Å²) in [4.78, 5) is 10.3. The summed E-state index contributed by atoms with van der Waals surface area (Å²) >= 11 is 2.91. The SMILES string of the molecule is CC(=O)Nc1cccc(NS(=O)(=O)c2ccc(Br)cc2C(F)(F)F)c1C. The molecule has 0 unspecified atom stereocenters. The van der Waals surface area contributed by atoms with E-state index in [9.17, 15) is 26.4 Å². The van der Waals surface area contributed by atoms with Crippen molar-refractivity contribution < 1.29 is 26.4 Å². The second-order valence-electron chi connectivity index (χ2n) is 5.40. The Morgan fingerprint density at radius 1 is 1.12 bits per heavy atom. The van der Waals surface area contributed by atoms with E-state index in [1.54, 1.807) is 6.07 Å². The van der Waals surface area contributed by atoms with Gasteiger partial charge in [0, 0.05) is 17.1 Å². The van der Waals surface area contributed by atoms with Crippen LogP contribution in [0.25, 0.3) is 0 Å². The quantitative estimate of drug-likeness (QED) is 0.717. The average molecular weight is 451 g/mol. The van der Waals surface area contributed by atoms with Crippen molar-refractivity contribution in [3.05, 3.63) is 52.0 Å². The first-order valence-electron chi connectivity index (χ1n) is 7.18. The molecule has 5 nitrogen and oxygen atoms in total. The van der Waals surface area contributed by atoms with Crippen molar-refractivity contribution in [3.8, 4) is 0 Å². The Labute approximate surface area is 156 Å². The van der Waals surface area contributed by atoms with Crippen LogP contribution in [0.1, 0.15) is 18.1 Å². The topological polar surface area (TPSA) is 75.3 Å². The van der Waals surface area contributed by atoms with Gasteiger partial charge in [-0.1, -0.05) is 22.0 Å². The molecule has 0 bridgehead atoms. The molecule has 0 aromatic heterocycles. The van der Waals surface area contributed by atoms with E-state index < -0.39 is 26.7 Å². The molecule has 1 amide bonds. The molecule has 0 fully saturated rings. The zero-order valence-corrected chi connectivity index (χ0v) is 16.0. The molecular weight excluding hydrogens is 437 g/mol. The second kappa shape index (κ2) is 7.28. The Hall–Kier alpha value is -2.07. The van der Waals surface area contributed by atoms with Gasteiger partial charge in [-0.3, -0.25) is 9.52 Å². The van der Waals surface area contributed by atoms with Crippen LogP contribution in [-0.2, 0) is 21.0 Å². The third-order valence-corrected chi connectivity index (χ3v) is 5.34. The number of carbonyl (C=O) groups excluding carboxylic acids is 1. The smallest absolute Gasteiger partial charge is 0.326 e. The molecule has 0 spiro atoms. The van der Waals surface area contributed by atoms with Gasteiger partial charge in [-0.25, -0.2) is 8.42 Å². The second-order valence-corrected chi connectivity index (χ2v) is 7.97. The third kappa shape index (κ3) is 4.55. The fourth-order valence-electron chi connectivity index (χ4n) is 2.23. The van der Waals surface area contributed by atoms with Crippen molar-refractivity contribution >= 4 is 43.2 Å². The number of hydrogen-bond acceptors (Lipinski definition) is 3. The van der Waals surface area contributed by atoms with Gasteiger partial charge >= 0.3 is 6.18 Å². The summed E-state index contributed by atoms with van der Waals surface area (Å²) in [6.45, 7) is 2.82. The Morgan fingerprint density at radius 2 is 1.73 bits per heavy atom. The minimum Gasteiger partial charge on any atom is -0.326 e. The number of amides is 1. The number of carbonyl (C=O) groups is 1. The van der Waals surface area contributed by atoms with Crippen LogP contribution in [0.15, 0.2) is 45.8 Å². The Morgan fingerprint density at radius 3 is 2.31 bits per heavy atom. The van der Waals surface area contributed by atoms with Gasteiger partial charge in [0.1, 0.15) is 0 Å². The molecule has 10 heteroatoms. The predicted octanol–water partition coefficient (Wildman–Crippen LogP) is 4.54. The summed E-state index contributed by atoms with van der Waals surface area (Å²) in [5.41, 5.74) is -0.496. The van der Waals surface area contributed by atoms with E-state index >= 15 is 0 Å². The van der Waals surface area contributed by atoms with Crippen LogP contribution < -0.4 is 10.0 Å². The first-order valence-corrected chi connectivity index (χ1v) is 9.46. The van der Waals surface area contributed by atoms with Gasteiger partial charge in [-0.2, -0.15) is 13.2 Å². The number of anilines is 2. The van der Waals surface area contributed by atoms with Gasteiger partial charge in [0.2, 0.25) is 5.91 Å². The standard InChI is InChI=1S/C16H14BrF3N2O3S/c1-9-13(21-10(2)23)4-3-5-14(9)22-26(24,25)15-7-6-11(17)8-12(15)16(18,19)20/h3-8,22H,1-2H3,(H,21,23). The molecule has 0 saturated heterocycles. The molecule has 2 aromatic rings. The van der Waals surface area contributed by atoms with E-state index in [4.69, 9.17) is 0 Å². The molecule has 2 rings (SSSR count). The van der Waals surface area contributed by atoms with Gasteiger partial charge < -0.3 is 5.32 Å². The fraction of sp³-hybridized carbons (Fsp3) is 0.188. The predicted molar refractivity (Wildman–Crippen MR) is 95.4 cm³/mol. The summed E-state index contributed by atoms with van der Waals surface area (Å²) in [5.74, 6) is -0.361. The number of alkyl halides is 3. The monoisotopic (exact) mass is 450 g/mol. The molecule has 0 saturated carbocycles. The minimum atomic E-state index is -4.85. The minimum absolute atomic E-state index is 0.0623. The van der Waals surface area contributed by atoms with Crippen molar-refractivity contribution in [1.82, 2.24) is 0 Å². The van der Waals surface area contributed by atoms with Gasteiger partial charge in [0.05, 0.1) is 16.1 Å². The van der Waals surface area contributed by atoms with Crippen LogP contribution in [0.2, 0.25) is 0 Å². The number of nitrogens with one attached hydrogen (secondary N) is 2. The largest absolute Gasteiger partial charge is 0.417 e. The van der Waals surface area contributed by atoms with Crippen molar-refractivity contribution in [2.75, 3.05) is 10.0 Å². The van der Waals surface area contributed by atoms with Crippen molar-refractivity contribution in [2.24, 2.45) is 0 Å². The lowest BCUT2D eigenvalue weighted by Crippen LogP contribution is -2.19. The number of hydrogen-bond donors (Lipinski definition) is 2. The summed E-state index contributed by atoms with van der Waals surface area (Å²) in [6, 6.07) is 7.21. The highest BCUT2D eigenvalue weighted by atomic mass is 79.9. The first kappa shape index (κ1) is 20.2. The zero-order valence-electron chi connectivity index (χ0n) is 13.6. The molecule has 2 N–H and O–H groups in total. The van der Waals surface area contributed by atoms with Crippen LogP contribution >= 0.6 is 15.9 Å². The zero-order chi connectivity index (χ0) is 19.7. The maximum Gasteiger partial charge on any atom is 0.417 e. The molecule has 0 aliphatic carbocycles. The van der Waals surface area contributed by atoms with Gasteiger partial charge in [-0.15, -0.1) is 0 Å². The molecule has 140 valence electrons. The van der Waals surface area contributed by atoms with E-state index in [-0.39, 0.29) is 16.1 Å². The van der Waals surface area contributed by atoms with E-state index in [1.165, 1.54) is 32.0 Å². The number of sulfonamides is 1. The van der Waals surface area contributed by atoms with Crippen LogP contribution in [0.3, 0.4) is 0 Å². The van der Waals surface area contributed by atoms with Gasteiger partial charge in [-0.05, 0) is 42.8 Å². The molecule has 0 aliphatic heterocycles. The van der Waals surface area contributed by atoms with Crippen molar-refractivity contribution in [3.63, 3.8) is 0 Å². The molecule has 0 heterocycles. The Balaban J connectivity index is 2.50. The normalized spacial score (nSPS) is 11.9. The van der Waals surface area contributed by atoms with E-state index in [2.05, 4.69) is 26.0 Å². The maximum absolute atomic E-state index is 13.2. The lowest BCUT2D eigenvalue weighted by Gasteiger charge is -2.17. The molecule has 2 aromatic carbocycles. The first-order chi connectivity index (χ1) is 11.9. The van der Waals surface area contributed by atoms with Crippen molar-refractivity contribution in [2.45, 2.75) is 24.9 Å². The number of benzene rings is 2. The fourth-order valence-corrected chi connectivity index (χ4v) is 3.92. The molecular formula is C16H14BrF3N2O3S. The van der Waals surface area contributed by atoms with Crippen LogP contribution in [0, 0.1) is 6.92 Å². The van der Waals surface area contributed by atoms with E-state index in [0.29, 0.717) is 17.3 Å². The van der Waals surface area contributed by atoms with Crippen LogP contribution in [-0.4, -0.2) is 14.3 Å². The average Bonchev–Trinajstić information content (AvgIpc) is 2.49. The lowest BCUT2D eigenvalue weighted by atomic mass is 10.1. The third-order valence-electron chi connectivity index (χ3n) is 3.43. The van der Waals surface area contributed by atoms with Gasteiger partial charge in [0.25, 0.3) is 10.0 Å². The number of rotatable bonds is 4. The van der Waals surface area contributed by atoms with Crippen LogP contribution in [0.5, 0.6) is 0 Å². The van der Waals surface area contributed by atoms with Crippen LogP contribution in [0.4, 0.5) is 24.5 Å².